The molecule has 14 heavy (non-hydrogen) atoms. The number of halogens is 1. The molecule has 1 aromatic carbocycles. The lowest BCUT2D eigenvalue weighted by Crippen LogP contribution is -2.23. The molecule has 78 valence electrons. The molecule has 1 N–H and O–H groups in total. The number of hydrogen-bond acceptors (Lipinski definition) is 1. The van der Waals surface area contributed by atoms with Gasteiger partial charge in [-0.15, -0.1) is 0 Å². The highest BCUT2D eigenvalue weighted by atomic mass is 19.1. The Kier molecular flexibility index (Phi) is 3.93. The van der Waals surface area contributed by atoms with Crippen molar-refractivity contribution >= 4 is 5.69 Å². The quantitative estimate of drug-likeness (QED) is 0.773. The first-order chi connectivity index (χ1) is 6.65. The fourth-order valence-electron chi connectivity index (χ4n) is 1.32. The molecule has 0 spiro atoms. The Balaban J connectivity index is 2.64. The predicted molar refractivity (Wildman–Crippen MR) is 58.9 cm³/mol. The van der Waals surface area contributed by atoms with Crippen LogP contribution in [-0.4, -0.2) is 6.04 Å². The summed E-state index contributed by atoms with van der Waals surface area (Å²) < 4.78 is 13.3. The lowest BCUT2D eigenvalue weighted by atomic mass is 10.0. The van der Waals surface area contributed by atoms with Gasteiger partial charge in [0.25, 0.3) is 0 Å². The van der Waals surface area contributed by atoms with Gasteiger partial charge in [0.05, 0.1) is 5.69 Å². The van der Waals surface area contributed by atoms with Gasteiger partial charge in [-0.1, -0.05) is 32.4 Å². The van der Waals surface area contributed by atoms with Crippen LogP contribution in [0.2, 0.25) is 0 Å². The molecule has 1 nitrogen and oxygen atoms in total. The fourth-order valence-corrected chi connectivity index (χ4v) is 1.32. The molecule has 0 aliphatic rings. The Hall–Kier alpha value is -1.05. The molecule has 0 aliphatic heterocycles. The van der Waals surface area contributed by atoms with E-state index in [9.17, 15) is 4.39 Å². The lowest BCUT2D eigenvalue weighted by molar-refractivity contribution is 0.491. The fraction of sp³-hybridized carbons (Fsp3) is 0.500. The zero-order chi connectivity index (χ0) is 10.6. The number of para-hydroxylation sites is 1. The van der Waals surface area contributed by atoms with Crippen LogP contribution in [0.5, 0.6) is 0 Å². The van der Waals surface area contributed by atoms with E-state index < -0.39 is 0 Å². The third-order valence-electron chi connectivity index (χ3n) is 2.75. The Morgan fingerprint density at radius 3 is 2.50 bits per heavy atom. The van der Waals surface area contributed by atoms with Crippen LogP contribution in [0.25, 0.3) is 0 Å². The van der Waals surface area contributed by atoms with E-state index in [-0.39, 0.29) is 5.82 Å². The molecule has 2 atom stereocenters. The van der Waals surface area contributed by atoms with Gasteiger partial charge in [-0.05, 0) is 25.0 Å². The van der Waals surface area contributed by atoms with E-state index in [0.29, 0.717) is 17.6 Å². The molecule has 0 saturated carbocycles. The van der Waals surface area contributed by atoms with E-state index in [1.54, 1.807) is 12.1 Å². The second-order valence-corrected chi connectivity index (χ2v) is 3.80. The summed E-state index contributed by atoms with van der Waals surface area (Å²) in [7, 11) is 0. The third-order valence-corrected chi connectivity index (χ3v) is 2.75. The van der Waals surface area contributed by atoms with Crippen molar-refractivity contribution in [2.45, 2.75) is 33.2 Å². The van der Waals surface area contributed by atoms with Gasteiger partial charge >= 0.3 is 0 Å². The monoisotopic (exact) mass is 195 g/mol. The summed E-state index contributed by atoms with van der Waals surface area (Å²) in [5, 5.41) is 3.19. The van der Waals surface area contributed by atoms with E-state index in [2.05, 4.69) is 26.1 Å². The molecule has 1 rings (SSSR count). The van der Waals surface area contributed by atoms with Crippen molar-refractivity contribution in [3.8, 4) is 0 Å². The average molecular weight is 195 g/mol. The summed E-state index contributed by atoms with van der Waals surface area (Å²) in [4.78, 5) is 0. The summed E-state index contributed by atoms with van der Waals surface area (Å²) in [6.45, 7) is 6.39. The minimum absolute atomic E-state index is 0.178. The Morgan fingerprint density at radius 1 is 1.29 bits per heavy atom. The Labute approximate surface area is 85.3 Å². The second-order valence-electron chi connectivity index (χ2n) is 3.80. The van der Waals surface area contributed by atoms with Crippen LogP contribution in [0.15, 0.2) is 24.3 Å². The highest BCUT2D eigenvalue weighted by Gasteiger charge is 2.11. The normalized spacial score (nSPS) is 14.9. The van der Waals surface area contributed by atoms with Crippen LogP contribution >= 0.6 is 0 Å². The van der Waals surface area contributed by atoms with Crippen LogP contribution in [0.4, 0.5) is 10.1 Å². The van der Waals surface area contributed by atoms with Gasteiger partial charge in [0, 0.05) is 6.04 Å². The van der Waals surface area contributed by atoms with E-state index in [0.717, 1.165) is 6.42 Å². The van der Waals surface area contributed by atoms with E-state index >= 15 is 0 Å². The Bertz CT molecular complexity index is 285. The largest absolute Gasteiger partial charge is 0.380 e. The zero-order valence-electron chi connectivity index (χ0n) is 9.05. The van der Waals surface area contributed by atoms with E-state index in [1.807, 2.05) is 6.07 Å². The van der Waals surface area contributed by atoms with Crippen molar-refractivity contribution < 1.29 is 4.39 Å². The second kappa shape index (κ2) is 4.99. The van der Waals surface area contributed by atoms with Crippen LogP contribution in [0.3, 0.4) is 0 Å². The van der Waals surface area contributed by atoms with Crippen LogP contribution < -0.4 is 5.32 Å². The SMILES string of the molecule is CC[C@@H](C)[C@@H](C)Nc1ccccc1F. The molecule has 0 aromatic heterocycles. The maximum atomic E-state index is 13.3. The predicted octanol–water partition coefficient (Wildman–Crippen LogP) is 3.67. The smallest absolute Gasteiger partial charge is 0.146 e. The number of hydrogen-bond donors (Lipinski definition) is 1. The average Bonchev–Trinajstić information content (AvgIpc) is 2.20. The van der Waals surface area contributed by atoms with Gasteiger partial charge in [-0.2, -0.15) is 0 Å². The standard InChI is InChI=1S/C12H18FN/c1-4-9(2)10(3)14-12-8-6-5-7-11(12)13/h5-10,14H,4H2,1-3H3/t9-,10-/m1/s1. The van der Waals surface area contributed by atoms with E-state index in [4.69, 9.17) is 0 Å². The van der Waals surface area contributed by atoms with Crippen molar-refractivity contribution in [2.24, 2.45) is 5.92 Å². The summed E-state index contributed by atoms with van der Waals surface area (Å²) in [5.74, 6) is 0.372. The number of benzene rings is 1. The Morgan fingerprint density at radius 2 is 1.93 bits per heavy atom. The van der Waals surface area contributed by atoms with Crippen LogP contribution in [-0.2, 0) is 0 Å². The van der Waals surface area contributed by atoms with Crippen molar-refractivity contribution in [1.29, 1.82) is 0 Å². The van der Waals surface area contributed by atoms with Crippen LogP contribution in [0.1, 0.15) is 27.2 Å². The molecule has 0 heterocycles. The first-order valence-corrected chi connectivity index (χ1v) is 5.16. The molecule has 2 heteroatoms. The molecular weight excluding hydrogens is 177 g/mol. The van der Waals surface area contributed by atoms with Gasteiger partial charge in [0.1, 0.15) is 5.82 Å². The minimum atomic E-state index is -0.178. The van der Waals surface area contributed by atoms with Crippen molar-refractivity contribution in [3.63, 3.8) is 0 Å². The van der Waals surface area contributed by atoms with Gasteiger partial charge in [0.15, 0.2) is 0 Å². The molecule has 0 aliphatic carbocycles. The van der Waals surface area contributed by atoms with Gasteiger partial charge in [-0.3, -0.25) is 0 Å². The van der Waals surface area contributed by atoms with Gasteiger partial charge < -0.3 is 5.32 Å². The van der Waals surface area contributed by atoms with Crippen molar-refractivity contribution in [2.75, 3.05) is 5.32 Å². The minimum Gasteiger partial charge on any atom is -0.380 e. The number of rotatable bonds is 4. The summed E-state index contributed by atoms with van der Waals surface area (Å²) in [6.07, 6.45) is 1.10. The van der Waals surface area contributed by atoms with Crippen LogP contribution in [0, 0.1) is 11.7 Å². The molecule has 0 bridgehead atoms. The molecule has 1 aromatic rings. The molecule has 0 saturated heterocycles. The van der Waals surface area contributed by atoms with Gasteiger partial charge in [0.2, 0.25) is 0 Å². The van der Waals surface area contributed by atoms with E-state index in [1.165, 1.54) is 6.07 Å². The first-order valence-electron chi connectivity index (χ1n) is 5.16. The first kappa shape index (κ1) is 11.0. The highest BCUT2D eigenvalue weighted by molar-refractivity contribution is 5.45. The van der Waals surface area contributed by atoms with Crippen molar-refractivity contribution in [1.82, 2.24) is 0 Å². The molecular formula is C12H18FN. The summed E-state index contributed by atoms with van der Waals surface area (Å²) >= 11 is 0. The van der Waals surface area contributed by atoms with Gasteiger partial charge in [-0.25, -0.2) is 4.39 Å². The molecule has 0 unspecified atom stereocenters. The zero-order valence-corrected chi connectivity index (χ0v) is 9.05. The molecule has 0 radical (unpaired) electrons. The van der Waals surface area contributed by atoms with Crippen molar-refractivity contribution in [3.05, 3.63) is 30.1 Å². The number of anilines is 1. The summed E-state index contributed by atoms with van der Waals surface area (Å²) in [6, 6.07) is 7.10. The lowest BCUT2D eigenvalue weighted by Gasteiger charge is -2.21. The highest BCUT2D eigenvalue weighted by Crippen LogP contribution is 2.17. The molecule has 0 fully saturated rings. The number of nitrogens with one attached hydrogen (secondary N) is 1. The molecule has 0 amide bonds. The maximum Gasteiger partial charge on any atom is 0.146 e. The third kappa shape index (κ3) is 2.72. The topological polar surface area (TPSA) is 12.0 Å². The maximum absolute atomic E-state index is 13.3. The summed E-state index contributed by atoms with van der Waals surface area (Å²) in [5.41, 5.74) is 0.598.